The highest BCUT2D eigenvalue weighted by molar-refractivity contribution is 7.12. The molecule has 0 saturated carbocycles. The van der Waals surface area contributed by atoms with Crippen molar-refractivity contribution in [3.8, 4) is 0 Å². The van der Waals surface area contributed by atoms with Crippen LogP contribution in [-0.4, -0.2) is 13.2 Å². The molecule has 0 radical (unpaired) electrons. The molecule has 0 saturated heterocycles. The summed E-state index contributed by atoms with van der Waals surface area (Å²) >= 11 is 1.82. The lowest BCUT2D eigenvalue weighted by Gasteiger charge is -1.99. The second-order valence-corrected chi connectivity index (χ2v) is 4.51. The molecule has 0 aromatic carbocycles. The molecular weight excluding hydrogens is 185 g/mol. The second-order valence-electron chi connectivity index (χ2n) is 3.17. The molecule has 74 valence electrons. The van der Waals surface area contributed by atoms with Crippen LogP contribution < -0.4 is 5.32 Å². The van der Waals surface area contributed by atoms with Gasteiger partial charge in [0.2, 0.25) is 0 Å². The van der Waals surface area contributed by atoms with Gasteiger partial charge in [0.05, 0.1) is 6.67 Å². The fourth-order valence-electron chi connectivity index (χ4n) is 1.14. The first kappa shape index (κ1) is 10.7. The van der Waals surface area contributed by atoms with E-state index in [1.165, 1.54) is 15.3 Å². The van der Waals surface area contributed by atoms with Gasteiger partial charge in [-0.3, -0.25) is 4.39 Å². The van der Waals surface area contributed by atoms with Crippen LogP contribution in [0.25, 0.3) is 0 Å². The SMILES string of the molecule is Cc1cc(CNCCCF)sc1C. The summed E-state index contributed by atoms with van der Waals surface area (Å²) in [6.07, 6.45) is 0.614. The summed E-state index contributed by atoms with van der Waals surface area (Å²) < 4.78 is 11.7. The molecule has 1 N–H and O–H groups in total. The molecular formula is C10H16FNS. The minimum Gasteiger partial charge on any atom is -0.312 e. The standard InChI is InChI=1S/C10H16FNS/c1-8-6-10(13-9(8)2)7-12-5-3-4-11/h6,12H,3-5,7H2,1-2H3. The van der Waals surface area contributed by atoms with E-state index in [-0.39, 0.29) is 6.67 Å². The van der Waals surface area contributed by atoms with Crippen molar-refractivity contribution in [1.29, 1.82) is 0 Å². The van der Waals surface area contributed by atoms with Gasteiger partial charge in [-0.15, -0.1) is 11.3 Å². The summed E-state index contributed by atoms with van der Waals surface area (Å²) in [4.78, 5) is 2.72. The molecule has 0 fully saturated rings. The third kappa shape index (κ3) is 3.44. The van der Waals surface area contributed by atoms with Gasteiger partial charge in [-0.2, -0.15) is 0 Å². The Morgan fingerprint density at radius 1 is 1.46 bits per heavy atom. The van der Waals surface area contributed by atoms with Gasteiger partial charge in [0.1, 0.15) is 0 Å². The Kier molecular flexibility index (Phi) is 4.39. The van der Waals surface area contributed by atoms with E-state index in [9.17, 15) is 4.39 Å². The first-order valence-corrected chi connectivity index (χ1v) is 5.38. The molecule has 0 bridgehead atoms. The predicted octanol–water partition coefficient (Wildman–Crippen LogP) is 2.81. The number of hydrogen-bond donors (Lipinski definition) is 1. The monoisotopic (exact) mass is 201 g/mol. The van der Waals surface area contributed by atoms with Crippen LogP contribution >= 0.6 is 11.3 Å². The van der Waals surface area contributed by atoms with Crippen molar-refractivity contribution in [1.82, 2.24) is 5.32 Å². The zero-order chi connectivity index (χ0) is 9.68. The van der Waals surface area contributed by atoms with E-state index in [1.54, 1.807) is 0 Å². The molecule has 0 spiro atoms. The average molecular weight is 201 g/mol. The number of halogens is 1. The fourth-order valence-corrected chi connectivity index (χ4v) is 2.16. The zero-order valence-corrected chi connectivity index (χ0v) is 9.01. The Morgan fingerprint density at radius 3 is 2.77 bits per heavy atom. The maximum absolute atomic E-state index is 11.7. The van der Waals surface area contributed by atoms with Crippen LogP contribution in [0.5, 0.6) is 0 Å². The smallest absolute Gasteiger partial charge is 0.0906 e. The van der Waals surface area contributed by atoms with Crippen molar-refractivity contribution in [3.05, 3.63) is 21.4 Å². The van der Waals surface area contributed by atoms with Gasteiger partial charge in [0.25, 0.3) is 0 Å². The van der Waals surface area contributed by atoms with E-state index in [0.717, 1.165) is 13.1 Å². The average Bonchev–Trinajstić information content (AvgIpc) is 2.41. The van der Waals surface area contributed by atoms with Crippen molar-refractivity contribution in [3.63, 3.8) is 0 Å². The first-order chi connectivity index (χ1) is 6.24. The Hall–Kier alpha value is -0.410. The highest BCUT2D eigenvalue weighted by Crippen LogP contribution is 2.19. The molecule has 3 heteroatoms. The number of alkyl halides is 1. The van der Waals surface area contributed by atoms with Crippen molar-refractivity contribution < 1.29 is 4.39 Å². The van der Waals surface area contributed by atoms with Gasteiger partial charge >= 0.3 is 0 Å². The third-order valence-corrected chi connectivity index (χ3v) is 3.16. The number of nitrogens with one attached hydrogen (secondary N) is 1. The summed E-state index contributed by atoms with van der Waals surface area (Å²) in [5.41, 5.74) is 1.35. The topological polar surface area (TPSA) is 12.0 Å². The van der Waals surface area contributed by atoms with E-state index in [1.807, 2.05) is 11.3 Å². The maximum Gasteiger partial charge on any atom is 0.0906 e. The summed E-state index contributed by atoms with van der Waals surface area (Å²) in [5, 5.41) is 3.21. The zero-order valence-electron chi connectivity index (χ0n) is 8.19. The lowest BCUT2D eigenvalue weighted by atomic mass is 10.3. The summed E-state index contributed by atoms with van der Waals surface area (Å²) in [5.74, 6) is 0. The maximum atomic E-state index is 11.7. The van der Waals surface area contributed by atoms with Crippen LogP contribution in [0, 0.1) is 13.8 Å². The van der Waals surface area contributed by atoms with E-state index in [2.05, 4.69) is 25.2 Å². The molecule has 0 atom stereocenters. The van der Waals surface area contributed by atoms with Crippen LogP contribution in [0.15, 0.2) is 6.07 Å². The Labute approximate surface area is 83.0 Å². The molecule has 0 aliphatic heterocycles. The van der Waals surface area contributed by atoms with Gasteiger partial charge in [-0.1, -0.05) is 0 Å². The molecule has 1 rings (SSSR count). The number of aryl methyl sites for hydroxylation is 2. The molecule has 0 aliphatic carbocycles. The minimum absolute atomic E-state index is 0.227. The fraction of sp³-hybridized carbons (Fsp3) is 0.600. The number of thiophene rings is 1. The van der Waals surface area contributed by atoms with Crippen molar-refractivity contribution in [2.75, 3.05) is 13.2 Å². The molecule has 0 amide bonds. The molecule has 0 unspecified atom stereocenters. The van der Waals surface area contributed by atoms with E-state index >= 15 is 0 Å². The van der Waals surface area contributed by atoms with Crippen molar-refractivity contribution in [2.24, 2.45) is 0 Å². The quantitative estimate of drug-likeness (QED) is 0.722. The predicted molar refractivity (Wildman–Crippen MR) is 56.1 cm³/mol. The molecule has 1 aromatic rings. The molecule has 1 aromatic heterocycles. The Balaban J connectivity index is 2.29. The van der Waals surface area contributed by atoms with Crippen molar-refractivity contribution >= 4 is 11.3 Å². The molecule has 0 aliphatic rings. The Morgan fingerprint density at radius 2 is 2.23 bits per heavy atom. The summed E-state index contributed by atoms with van der Waals surface area (Å²) in [6.45, 7) is 5.67. The van der Waals surface area contributed by atoms with Gasteiger partial charge in [0.15, 0.2) is 0 Å². The van der Waals surface area contributed by atoms with E-state index in [4.69, 9.17) is 0 Å². The first-order valence-electron chi connectivity index (χ1n) is 4.56. The number of rotatable bonds is 5. The van der Waals surface area contributed by atoms with Crippen molar-refractivity contribution in [2.45, 2.75) is 26.8 Å². The molecule has 13 heavy (non-hydrogen) atoms. The summed E-state index contributed by atoms with van der Waals surface area (Å²) in [6, 6.07) is 2.20. The van der Waals surface area contributed by atoms with Gasteiger partial charge in [-0.05, 0) is 38.4 Å². The normalized spacial score (nSPS) is 10.7. The van der Waals surface area contributed by atoms with Gasteiger partial charge < -0.3 is 5.32 Å². The lowest BCUT2D eigenvalue weighted by Crippen LogP contribution is -2.14. The van der Waals surface area contributed by atoms with Crippen LogP contribution in [-0.2, 0) is 6.54 Å². The highest BCUT2D eigenvalue weighted by atomic mass is 32.1. The molecule has 1 nitrogen and oxygen atoms in total. The third-order valence-electron chi connectivity index (χ3n) is 2.00. The van der Waals surface area contributed by atoms with Gasteiger partial charge in [-0.25, -0.2) is 0 Å². The summed E-state index contributed by atoms with van der Waals surface area (Å²) in [7, 11) is 0. The van der Waals surface area contributed by atoms with E-state index < -0.39 is 0 Å². The second kappa shape index (κ2) is 5.35. The highest BCUT2D eigenvalue weighted by Gasteiger charge is 2.00. The van der Waals surface area contributed by atoms with Crippen LogP contribution in [0.2, 0.25) is 0 Å². The minimum atomic E-state index is -0.227. The van der Waals surface area contributed by atoms with Crippen LogP contribution in [0.1, 0.15) is 21.7 Å². The van der Waals surface area contributed by atoms with Crippen LogP contribution in [0.4, 0.5) is 4.39 Å². The van der Waals surface area contributed by atoms with E-state index in [0.29, 0.717) is 6.42 Å². The molecule has 1 heterocycles. The van der Waals surface area contributed by atoms with Gasteiger partial charge in [0, 0.05) is 16.3 Å². The largest absolute Gasteiger partial charge is 0.312 e. The Bertz CT molecular complexity index is 238. The lowest BCUT2D eigenvalue weighted by molar-refractivity contribution is 0.459. The van der Waals surface area contributed by atoms with Crippen LogP contribution in [0.3, 0.4) is 0 Å². The number of hydrogen-bond acceptors (Lipinski definition) is 2.